The molecule has 3 unspecified atom stereocenters. The fraction of sp³-hybridized carbons (Fsp3) is 0.932. The summed E-state index contributed by atoms with van der Waals surface area (Å²) in [6.45, 7) is 6.89. The first kappa shape index (κ1) is 67.8. The maximum absolute atomic E-state index is 13.5. The number of esters is 1. The minimum absolute atomic E-state index is 0.0169. The maximum atomic E-state index is 13.5. The van der Waals surface area contributed by atoms with Crippen molar-refractivity contribution in [2.24, 2.45) is 0 Å². The summed E-state index contributed by atoms with van der Waals surface area (Å²) in [5.74, 6) is -0.521. The smallest absolute Gasteiger partial charge is 0.306 e. The summed E-state index contributed by atoms with van der Waals surface area (Å²) < 4.78 is 30.3. The second kappa shape index (κ2) is 50.3. The van der Waals surface area contributed by atoms with Crippen LogP contribution in [0.3, 0.4) is 0 Å². The monoisotopic (exact) mass is 997 g/mol. The molecule has 3 atom stereocenters. The molecular formula is C59H117N2O7P. The molecule has 0 rings (SSSR count). The molecule has 0 bridgehead atoms. The summed E-state index contributed by atoms with van der Waals surface area (Å²) >= 11 is 0. The molecule has 0 aliphatic rings. The van der Waals surface area contributed by atoms with Crippen LogP contribution in [-0.4, -0.2) is 69.4 Å². The van der Waals surface area contributed by atoms with E-state index in [9.17, 15) is 19.0 Å². The number of ether oxygens (including phenoxy) is 1. The molecule has 410 valence electrons. The van der Waals surface area contributed by atoms with Crippen LogP contribution in [0.2, 0.25) is 0 Å². The molecule has 9 nitrogen and oxygen atoms in total. The van der Waals surface area contributed by atoms with Gasteiger partial charge in [-0.05, 0) is 31.8 Å². The van der Waals surface area contributed by atoms with Gasteiger partial charge in [-0.15, -0.1) is 0 Å². The fourth-order valence-electron chi connectivity index (χ4n) is 9.05. The molecule has 0 aliphatic heterocycles. The molecule has 0 aliphatic carbocycles. The van der Waals surface area contributed by atoms with Crippen molar-refractivity contribution < 1.29 is 37.3 Å². The van der Waals surface area contributed by atoms with Crippen molar-refractivity contribution in [1.82, 2.24) is 5.32 Å². The molecule has 0 aromatic heterocycles. The number of quaternary nitrogens is 1. The van der Waals surface area contributed by atoms with E-state index >= 15 is 0 Å². The SMILES string of the molecule is CCCCCCCCCCCC/C=C/C(OC(=O)CCCCCCCCCCCCCCCCC)C(COP(=O)([O-])OCC[N+](C)(C)C)NC(=O)CCCCCCCCCCCCCCCCCC. The Labute approximate surface area is 429 Å². The van der Waals surface area contributed by atoms with Crippen molar-refractivity contribution in [3.8, 4) is 0 Å². The molecule has 0 heterocycles. The Morgan fingerprint density at radius 3 is 1.19 bits per heavy atom. The number of amides is 1. The zero-order chi connectivity index (χ0) is 50.8. The summed E-state index contributed by atoms with van der Waals surface area (Å²) in [5, 5.41) is 3.03. The number of nitrogens with one attached hydrogen (secondary N) is 1. The molecule has 1 amide bonds. The molecule has 69 heavy (non-hydrogen) atoms. The van der Waals surface area contributed by atoms with Crippen LogP contribution in [0.5, 0.6) is 0 Å². The molecule has 0 aromatic rings. The summed E-state index contributed by atoms with van der Waals surface area (Å²) in [7, 11) is 1.20. The topological polar surface area (TPSA) is 114 Å². The minimum atomic E-state index is -4.69. The Kier molecular flexibility index (Phi) is 49.4. The largest absolute Gasteiger partial charge is 0.756 e. The predicted octanol–water partition coefficient (Wildman–Crippen LogP) is 17.4. The minimum Gasteiger partial charge on any atom is -0.756 e. The third kappa shape index (κ3) is 51.5. The van der Waals surface area contributed by atoms with E-state index in [4.69, 9.17) is 13.8 Å². The number of carbonyl (C=O) groups is 2. The predicted molar refractivity (Wildman–Crippen MR) is 294 cm³/mol. The Hall–Kier alpha value is -1.25. The van der Waals surface area contributed by atoms with E-state index in [1.807, 2.05) is 33.3 Å². The van der Waals surface area contributed by atoms with Crippen molar-refractivity contribution in [2.75, 3.05) is 40.9 Å². The lowest BCUT2D eigenvalue weighted by atomic mass is 10.0. The number of likely N-dealkylation sites (N-methyl/N-ethyl adjacent to an activating group) is 1. The van der Waals surface area contributed by atoms with Gasteiger partial charge in [-0.25, -0.2) is 0 Å². The van der Waals surface area contributed by atoms with E-state index in [-0.39, 0.29) is 31.5 Å². The van der Waals surface area contributed by atoms with Gasteiger partial charge in [0.1, 0.15) is 19.3 Å². The molecule has 0 spiro atoms. The highest BCUT2D eigenvalue weighted by Gasteiger charge is 2.27. The van der Waals surface area contributed by atoms with E-state index in [0.717, 1.165) is 57.8 Å². The van der Waals surface area contributed by atoms with Crippen molar-refractivity contribution in [1.29, 1.82) is 0 Å². The first-order valence-electron chi connectivity index (χ1n) is 30.0. The molecule has 0 saturated carbocycles. The van der Waals surface area contributed by atoms with Crippen molar-refractivity contribution in [2.45, 2.75) is 315 Å². The van der Waals surface area contributed by atoms with Gasteiger partial charge in [-0.3, -0.25) is 14.2 Å². The van der Waals surface area contributed by atoms with Gasteiger partial charge < -0.3 is 28.5 Å². The van der Waals surface area contributed by atoms with Crippen LogP contribution in [0.4, 0.5) is 0 Å². The summed E-state index contributed by atoms with van der Waals surface area (Å²) in [4.78, 5) is 39.9. The van der Waals surface area contributed by atoms with Gasteiger partial charge in [0.25, 0.3) is 7.82 Å². The Morgan fingerprint density at radius 2 is 0.826 bits per heavy atom. The molecule has 0 saturated heterocycles. The van der Waals surface area contributed by atoms with Crippen molar-refractivity contribution >= 4 is 19.7 Å². The quantitative estimate of drug-likeness (QED) is 0.0212. The lowest BCUT2D eigenvalue weighted by Crippen LogP contribution is -2.47. The third-order valence-corrected chi connectivity index (χ3v) is 14.7. The van der Waals surface area contributed by atoms with Crippen molar-refractivity contribution in [3.05, 3.63) is 12.2 Å². The van der Waals surface area contributed by atoms with Crippen LogP contribution in [0.1, 0.15) is 303 Å². The summed E-state index contributed by atoms with van der Waals surface area (Å²) in [6.07, 6.45) is 55.9. The van der Waals surface area contributed by atoms with Crippen LogP contribution in [0, 0.1) is 0 Å². The number of allylic oxidation sites excluding steroid dienone is 1. The average Bonchev–Trinajstić information content (AvgIpc) is 3.31. The number of hydrogen-bond donors (Lipinski definition) is 1. The number of nitrogens with zero attached hydrogens (tertiary/aromatic N) is 1. The zero-order valence-electron chi connectivity index (χ0n) is 46.8. The van der Waals surface area contributed by atoms with E-state index in [0.29, 0.717) is 17.4 Å². The van der Waals surface area contributed by atoms with E-state index in [1.165, 1.54) is 212 Å². The van der Waals surface area contributed by atoms with E-state index < -0.39 is 20.0 Å². The molecule has 0 fully saturated rings. The van der Waals surface area contributed by atoms with Crippen LogP contribution in [0.25, 0.3) is 0 Å². The maximum Gasteiger partial charge on any atom is 0.306 e. The Balaban J connectivity index is 5.27. The normalized spacial score (nSPS) is 13.8. The van der Waals surface area contributed by atoms with Gasteiger partial charge >= 0.3 is 5.97 Å². The van der Waals surface area contributed by atoms with Crippen LogP contribution < -0.4 is 10.2 Å². The van der Waals surface area contributed by atoms with Crippen LogP contribution >= 0.6 is 7.82 Å². The van der Waals surface area contributed by atoms with E-state index in [2.05, 4.69) is 26.1 Å². The molecular weight excluding hydrogens is 880 g/mol. The first-order chi connectivity index (χ1) is 33.4. The highest BCUT2D eigenvalue weighted by molar-refractivity contribution is 7.45. The zero-order valence-corrected chi connectivity index (χ0v) is 47.7. The van der Waals surface area contributed by atoms with Gasteiger partial charge in [-0.1, -0.05) is 271 Å². The average molecular weight is 998 g/mol. The van der Waals surface area contributed by atoms with Gasteiger partial charge in [0.2, 0.25) is 5.91 Å². The lowest BCUT2D eigenvalue weighted by molar-refractivity contribution is -0.870. The number of rotatable bonds is 55. The summed E-state index contributed by atoms with van der Waals surface area (Å²) in [5.41, 5.74) is 0. The highest BCUT2D eigenvalue weighted by Crippen LogP contribution is 2.38. The summed E-state index contributed by atoms with van der Waals surface area (Å²) in [6, 6.07) is -0.878. The number of phosphoric acid groups is 1. The second-order valence-electron chi connectivity index (χ2n) is 21.9. The van der Waals surface area contributed by atoms with Gasteiger partial charge in [0.05, 0.1) is 33.8 Å². The third-order valence-electron chi connectivity index (χ3n) is 13.7. The fourth-order valence-corrected chi connectivity index (χ4v) is 9.78. The molecule has 10 heteroatoms. The first-order valence-corrected chi connectivity index (χ1v) is 31.5. The van der Waals surface area contributed by atoms with Gasteiger partial charge in [0, 0.05) is 12.8 Å². The Bertz CT molecular complexity index is 1190. The Morgan fingerprint density at radius 1 is 0.493 bits per heavy atom. The number of unbranched alkanes of at least 4 members (excludes halogenated alkanes) is 39. The van der Waals surface area contributed by atoms with Crippen LogP contribution in [0.15, 0.2) is 12.2 Å². The second-order valence-corrected chi connectivity index (χ2v) is 23.3. The molecule has 0 radical (unpaired) electrons. The van der Waals surface area contributed by atoms with Crippen LogP contribution in [-0.2, 0) is 27.9 Å². The van der Waals surface area contributed by atoms with Crippen molar-refractivity contribution in [3.63, 3.8) is 0 Å². The highest BCUT2D eigenvalue weighted by atomic mass is 31.2. The van der Waals surface area contributed by atoms with Gasteiger partial charge in [0.15, 0.2) is 0 Å². The number of hydrogen-bond acceptors (Lipinski definition) is 7. The molecule has 0 aromatic carbocycles. The number of phosphoric ester groups is 1. The van der Waals surface area contributed by atoms with Gasteiger partial charge in [-0.2, -0.15) is 0 Å². The number of carbonyl (C=O) groups excluding carboxylic acids is 2. The standard InChI is InChI=1S/C59H117N2O7P/c1-7-10-13-16-19-22-25-28-30-32-33-36-39-42-45-48-51-58(62)60-56(55-67-69(64,65)66-54-53-61(4,5)6)57(50-47-44-41-38-35-27-24-21-18-15-12-9-3)68-59(63)52-49-46-43-40-37-34-31-29-26-23-20-17-14-11-8-2/h47,50,56-57H,7-46,48-49,51-55H2,1-6H3,(H-,60,62,64,65)/b50-47+. The van der Waals surface area contributed by atoms with E-state index in [1.54, 1.807) is 0 Å². The lowest BCUT2D eigenvalue weighted by Gasteiger charge is -2.30. The molecule has 1 N–H and O–H groups in total.